The minimum Gasteiger partial charge on any atom is -0.468 e. The zero-order chi connectivity index (χ0) is 13.1. The molecule has 5 heteroatoms. The summed E-state index contributed by atoms with van der Waals surface area (Å²) in [5, 5.41) is 9.62. The van der Waals surface area contributed by atoms with Crippen molar-refractivity contribution in [2.24, 2.45) is 0 Å². The van der Waals surface area contributed by atoms with Crippen LogP contribution in [0.3, 0.4) is 0 Å². The third-order valence-electron chi connectivity index (χ3n) is 3.41. The van der Waals surface area contributed by atoms with Gasteiger partial charge in [-0.3, -0.25) is 9.69 Å². The molecule has 0 radical (unpaired) electrons. The number of ether oxygens (including phenoxy) is 2. The maximum Gasteiger partial charge on any atom is 0.323 e. The van der Waals surface area contributed by atoms with Crippen molar-refractivity contribution in [3.05, 3.63) is 0 Å². The van der Waals surface area contributed by atoms with Gasteiger partial charge in [0, 0.05) is 26.6 Å². The molecule has 1 fully saturated rings. The summed E-state index contributed by atoms with van der Waals surface area (Å²) in [6, 6.07) is -0.317. The molecule has 1 aliphatic rings. The van der Waals surface area contributed by atoms with Crippen molar-refractivity contribution in [1.82, 2.24) is 4.90 Å². The minimum atomic E-state index is -0.440. The molecule has 1 saturated heterocycles. The largest absolute Gasteiger partial charge is 0.468 e. The van der Waals surface area contributed by atoms with Crippen LogP contribution in [0.1, 0.15) is 26.7 Å². The molecule has 0 saturated carbocycles. The summed E-state index contributed by atoms with van der Waals surface area (Å²) in [4.78, 5) is 13.5. The van der Waals surface area contributed by atoms with Crippen LogP contribution in [0.5, 0.6) is 0 Å². The number of methoxy groups -OCH3 is 2. The van der Waals surface area contributed by atoms with E-state index in [9.17, 15) is 9.90 Å². The molecular weight excluding hydrogens is 222 g/mol. The van der Waals surface area contributed by atoms with Crippen molar-refractivity contribution in [2.75, 3.05) is 27.3 Å². The van der Waals surface area contributed by atoms with Gasteiger partial charge < -0.3 is 14.6 Å². The maximum atomic E-state index is 11.6. The summed E-state index contributed by atoms with van der Waals surface area (Å²) in [6.07, 6.45) is 0.828. The quantitative estimate of drug-likeness (QED) is 0.711. The first-order chi connectivity index (χ1) is 7.89. The van der Waals surface area contributed by atoms with Crippen LogP contribution in [-0.4, -0.2) is 61.0 Å². The molecule has 0 spiro atoms. The first-order valence-electron chi connectivity index (χ1n) is 5.94. The van der Waals surface area contributed by atoms with Gasteiger partial charge in [0.1, 0.15) is 6.04 Å². The van der Waals surface area contributed by atoms with Crippen LogP contribution in [-0.2, 0) is 14.3 Å². The first kappa shape index (κ1) is 14.4. The van der Waals surface area contributed by atoms with Crippen molar-refractivity contribution in [3.8, 4) is 0 Å². The fourth-order valence-corrected chi connectivity index (χ4v) is 2.02. The number of aliphatic hydroxyl groups excluding tert-OH is 1. The number of hydrogen-bond acceptors (Lipinski definition) is 5. The molecule has 100 valence electrons. The summed E-state index contributed by atoms with van der Waals surface area (Å²) < 4.78 is 10.1. The summed E-state index contributed by atoms with van der Waals surface area (Å²) >= 11 is 0. The second-order valence-corrected chi connectivity index (χ2v) is 5.14. The second-order valence-electron chi connectivity index (χ2n) is 5.14. The fraction of sp³-hybridized carbons (Fsp3) is 0.917. The third-order valence-corrected chi connectivity index (χ3v) is 3.41. The van der Waals surface area contributed by atoms with Gasteiger partial charge in [-0.05, 0) is 20.3 Å². The Hall–Kier alpha value is -0.650. The van der Waals surface area contributed by atoms with E-state index >= 15 is 0 Å². The number of aliphatic hydroxyl groups is 1. The highest BCUT2D eigenvalue weighted by Crippen LogP contribution is 2.22. The van der Waals surface area contributed by atoms with E-state index in [1.807, 2.05) is 18.7 Å². The van der Waals surface area contributed by atoms with E-state index in [2.05, 4.69) is 0 Å². The molecule has 0 bridgehead atoms. The standard InChI is InChI=1S/C12H23NO4/c1-12(2,17-4)5-6-13-8-9(14)7-10(13)11(15)16-3/h9-10,14H,5-8H2,1-4H3. The molecule has 17 heavy (non-hydrogen) atoms. The molecule has 1 heterocycles. The number of nitrogens with zero attached hydrogens (tertiary/aromatic N) is 1. The van der Waals surface area contributed by atoms with Crippen LogP contribution in [0.25, 0.3) is 0 Å². The highest BCUT2D eigenvalue weighted by Gasteiger charge is 2.37. The van der Waals surface area contributed by atoms with Crippen LogP contribution >= 0.6 is 0 Å². The lowest BCUT2D eigenvalue weighted by Gasteiger charge is -2.28. The predicted molar refractivity (Wildman–Crippen MR) is 63.7 cm³/mol. The van der Waals surface area contributed by atoms with E-state index in [1.165, 1.54) is 7.11 Å². The van der Waals surface area contributed by atoms with E-state index < -0.39 is 6.10 Å². The normalized spacial score (nSPS) is 26.2. The summed E-state index contributed by atoms with van der Waals surface area (Å²) in [5.74, 6) is -0.267. The molecular formula is C12H23NO4. The highest BCUT2D eigenvalue weighted by atomic mass is 16.5. The molecule has 2 atom stereocenters. The summed E-state index contributed by atoms with van der Waals surface area (Å²) in [6.45, 7) is 5.26. The predicted octanol–water partition coefficient (Wildman–Crippen LogP) is 0.410. The second kappa shape index (κ2) is 5.80. The van der Waals surface area contributed by atoms with Crippen molar-refractivity contribution in [1.29, 1.82) is 0 Å². The molecule has 0 amide bonds. The minimum absolute atomic E-state index is 0.214. The third kappa shape index (κ3) is 3.94. The van der Waals surface area contributed by atoms with E-state index in [0.717, 1.165) is 13.0 Å². The van der Waals surface area contributed by atoms with Gasteiger partial charge in [-0.2, -0.15) is 0 Å². The Morgan fingerprint density at radius 2 is 2.12 bits per heavy atom. The van der Waals surface area contributed by atoms with Crippen molar-refractivity contribution >= 4 is 5.97 Å². The fourth-order valence-electron chi connectivity index (χ4n) is 2.02. The number of β-amino-alcohol motifs (C(OH)–C–C–N with tert-alkyl or cyclic N) is 1. The summed E-state index contributed by atoms with van der Waals surface area (Å²) in [7, 11) is 3.06. The van der Waals surface area contributed by atoms with Gasteiger partial charge >= 0.3 is 5.97 Å². The van der Waals surface area contributed by atoms with Gasteiger partial charge in [-0.15, -0.1) is 0 Å². The topological polar surface area (TPSA) is 59.0 Å². The molecule has 1 N–H and O–H groups in total. The molecule has 1 aliphatic heterocycles. The Bertz CT molecular complexity index is 267. The lowest BCUT2D eigenvalue weighted by molar-refractivity contribution is -0.146. The van der Waals surface area contributed by atoms with Crippen molar-refractivity contribution in [2.45, 2.75) is 44.4 Å². The van der Waals surface area contributed by atoms with Crippen LogP contribution in [0, 0.1) is 0 Å². The Morgan fingerprint density at radius 1 is 1.47 bits per heavy atom. The first-order valence-corrected chi connectivity index (χ1v) is 5.94. The number of carbonyl (C=O) groups is 1. The Labute approximate surface area is 103 Å². The monoisotopic (exact) mass is 245 g/mol. The average molecular weight is 245 g/mol. The zero-order valence-corrected chi connectivity index (χ0v) is 11.1. The highest BCUT2D eigenvalue weighted by molar-refractivity contribution is 5.76. The van der Waals surface area contributed by atoms with Crippen molar-refractivity contribution in [3.63, 3.8) is 0 Å². The zero-order valence-electron chi connectivity index (χ0n) is 11.1. The average Bonchev–Trinajstić information content (AvgIpc) is 2.67. The molecule has 5 nitrogen and oxygen atoms in total. The lowest BCUT2D eigenvalue weighted by atomic mass is 10.0. The lowest BCUT2D eigenvalue weighted by Crippen LogP contribution is -2.40. The Morgan fingerprint density at radius 3 is 2.65 bits per heavy atom. The van der Waals surface area contributed by atoms with Gasteiger partial charge in [0.05, 0.1) is 18.8 Å². The maximum absolute atomic E-state index is 11.6. The molecule has 0 aromatic heterocycles. The van der Waals surface area contributed by atoms with Crippen LogP contribution in [0.15, 0.2) is 0 Å². The van der Waals surface area contributed by atoms with Crippen LogP contribution < -0.4 is 0 Å². The number of hydrogen-bond donors (Lipinski definition) is 1. The smallest absolute Gasteiger partial charge is 0.323 e. The van der Waals surface area contributed by atoms with E-state index in [-0.39, 0.29) is 17.6 Å². The number of rotatable bonds is 5. The molecule has 2 unspecified atom stereocenters. The molecule has 0 aromatic rings. The SMILES string of the molecule is COC(=O)C1CC(O)CN1CCC(C)(C)OC. The molecule has 0 aromatic carbocycles. The van der Waals surface area contributed by atoms with E-state index in [1.54, 1.807) is 7.11 Å². The van der Waals surface area contributed by atoms with Gasteiger partial charge in [-0.1, -0.05) is 0 Å². The number of likely N-dealkylation sites (tertiary alicyclic amines) is 1. The molecule has 0 aliphatic carbocycles. The molecule has 1 rings (SSSR count). The number of carbonyl (C=O) groups excluding carboxylic acids is 1. The Balaban J connectivity index is 2.53. The summed E-state index contributed by atoms with van der Waals surface area (Å²) in [5.41, 5.74) is -0.214. The van der Waals surface area contributed by atoms with Crippen LogP contribution in [0.4, 0.5) is 0 Å². The van der Waals surface area contributed by atoms with Gasteiger partial charge in [0.2, 0.25) is 0 Å². The van der Waals surface area contributed by atoms with E-state index in [0.29, 0.717) is 13.0 Å². The van der Waals surface area contributed by atoms with E-state index in [4.69, 9.17) is 9.47 Å². The van der Waals surface area contributed by atoms with Gasteiger partial charge in [-0.25, -0.2) is 0 Å². The van der Waals surface area contributed by atoms with Gasteiger partial charge in [0.25, 0.3) is 0 Å². The van der Waals surface area contributed by atoms with Gasteiger partial charge in [0.15, 0.2) is 0 Å². The van der Waals surface area contributed by atoms with Crippen molar-refractivity contribution < 1.29 is 19.4 Å². The Kier molecular flexibility index (Phi) is 4.91. The van der Waals surface area contributed by atoms with Crippen LogP contribution in [0.2, 0.25) is 0 Å². The number of esters is 1.